The van der Waals surface area contributed by atoms with E-state index in [1.165, 1.54) is 5.56 Å². The molecule has 28 heavy (non-hydrogen) atoms. The van der Waals surface area contributed by atoms with Gasteiger partial charge in [0.05, 0.1) is 29.5 Å². The topological polar surface area (TPSA) is 56.2 Å². The number of carbonyl (C=O) groups excluding carboxylic acids is 1. The van der Waals surface area contributed by atoms with Gasteiger partial charge in [-0.05, 0) is 37.1 Å². The highest BCUT2D eigenvalue weighted by Crippen LogP contribution is 2.46. The first-order valence-corrected chi connectivity index (χ1v) is 10.4. The number of thioether (sulfide) groups is 1. The Labute approximate surface area is 169 Å². The van der Waals surface area contributed by atoms with Crippen molar-refractivity contribution in [2.75, 3.05) is 18.2 Å². The Morgan fingerprint density at radius 1 is 1.21 bits per heavy atom. The Kier molecular flexibility index (Phi) is 5.13. The zero-order chi connectivity index (χ0) is 19.7. The number of nitrogens with one attached hydrogen (secondary N) is 1. The molecule has 0 fully saturated rings. The first-order valence-electron chi connectivity index (χ1n) is 9.35. The molecule has 3 aromatic rings. The minimum Gasteiger partial charge on any atom is -0.496 e. The summed E-state index contributed by atoms with van der Waals surface area (Å²) in [5, 5.41) is 7.82. The average Bonchev–Trinajstić information content (AvgIpc) is 2.93. The van der Waals surface area contributed by atoms with Crippen molar-refractivity contribution in [3.8, 4) is 11.4 Å². The van der Waals surface area contributed by atoms with Gasteiger partial charge < -0.3 is 10.1 Å². The highest BCUT2D eigenvalue weighted by Gasteiger charge is 2.32. The molecule has 6 heteroatoms. The van der Waals surface area contributed by atoms with E-state index in [0.29, 0.717) is 5.75 Å². The number of fused-ring (bicyclic) bond motifs is 1. The Hall–Kier alpha value is -2.73. The summed E-state index contributed by atoms with van der Waals surface area (Å²) in [7, 11) is 1.68. The normalized spacial score (nSPS) is 16.2. The Bertz CT molecular complexity index is 1010. The summed E-state index contributed by atoms with van der Waals surface area (Å²) in [5.74, 6) is 1.92. The molecule has 5 nitrogen and oxygen atoms in total. The first kappa shape index (κ1) is 18.6. The van der Waals surface area contributed by atoms with Gasteiger partial charge in [-0.2, -0.15) is 5.10 Å². The zero-order valence-electron chi connectivity index (χ0n) is 16.2. The van der Waals surface area contributed by atoms with Crippen molar-refractivity contribution in [1.29, 1.82) is 0 Å². The molecule has 144 valence electrons. The molecule has 1 aliphatic rings. The van der Waals surface area contributed by atoms with Gasteiger partial charge in [0.1, 0.15) is 11.6 Å². The van der Waals surface area contributed by atoms with Gasteiger partial charge >= 0.3 is 0 Å². The van der Waals surface area contributed by atoms with Gasteiger partial charge in [-0.15, -0.1) is 11.8 Å². The van der Waals surface area contributed by atoms with Crippen LogP contribution in [0.15, 0.2) is 48.5 Å². The van der Waals surface area contributed by atoms with E-state index in [1.807, 2.05) is 41.9 Å². The lowest BCUT2D eigenvalue weighted by molar-refractivity contribution is -0.113. The number of hydrogen-bond acceptors (Lipinski definition) is 4. The molecule has 0 bridgehead atoms. The quantitative estimate of drug-likeness (QED) is 0.708. The van der Waals surface area contributed by atoms with Crippen LogP contribution in [0.1, 0.15) is 34.6 Å². The van der Waals surface area contributed by atoms with Crippen LogP contribution in [0.3, 0.4) is 0 Å². The summed E-state index contributed by atoms with van der Waals surface area (Å²) in [4.78, 5) is 12.5. The molecule has 4 rings (SSSR count). The van der Waals surface area contributed by atoms with Gasteiger partial charge in [0.2, 0.25) is 5.91 Å². The summed E-state index contributed by atoms with van der Waals surface area (Å²) in [6.45, 7) is 4.13. The van der Waals surface area contributed by atoms with Crippen LogP contribution in [-0.4, -0.2) is 28.6 Å². The number of aryl methyl sites for hydroxylation is 2. The molecule has 0 saturated heterocycles. The molecule has 0 saturated carbocycles. The molecule has 1 aromatic heterocycles. The lowest BCUT2D eigenvalue weighted by Gasteiger charge is -2.18. The molecule has 2 aromatic carbocycles. The summed E-state index contributed by atoms with van der Waals surface area (Å²) < 4.78 is 7.44. The molecule has 1 N–H and O–H groups in total. The molecule has 0 aliphatic carbocycles. The largest absolute Gasteiger partial charge is 0.496 e. The number of hydrogen-bond donors (Lipinski definition) is 1. The van der Waals surface area contributed by atoms with Crippen molar-refractivity contribution in [1.82, 2.24) is 9.78 Å². The molecule has 0 radical (unpaired) electrons. The van der Waals surface area contributed by atoms with Crippen molar-refractivity contribution in [3.05, 3.63) is 70.9 Å². The molecule has 1 atom stereocenters. The number of aromatic nitrogens is 2. The Balaban J connectivity index is 1.87. The van der Waals surface area contributed by atoms with Crippen LogP contribution < -0.4 is 10.1 Å². The zero-order valence-corrected chi connectivity index (χ0v) is 17.0. The van der Waals surface area contributed by atoms with Crippen LogP contribution in [0.5, 0.6) is 5.75 Å². The molecule has 1 amide bonds. The maximum absolute atomic E-state index is 12.5. The van der Waals surface area contributed by atoms with E-state index in [0.717, 1.165) is 40.5 Å². The minimum absolute atomic E-state index is 0.0185. The number of rotatable bonds is 4. The van der Waals surface area contributed by atoms with E-state index in [9.17, 15) is 4.79 Å². The van der Waals surface area contributed by atoms with Gasteiger partial charge in [0.25, 0.3) is 0 Å². The van der Waals surface area contributed by atoms with Crippen LogP contribution in [0, 0.1) is 6.92 Å². The predicted molar refractivity (Wildman–Crippen MR) is 114 cm³/mol. The third-order valence-electron chi connectivity index (χ3n) is 5.02. The van der Waals surface area contributed by atoms with Gasteiger partial charge in [0.15, 0.2) is 0 Å². The third-order valence-corrected chi connectivity index (χ3v) is 6.27. The fraction of sp³-hybridized carbons (Fsp3) is 0.273. The van der Waals surface area contributed by atoms with Crippen LogP contribution in [0.2, 0.25) is 0 Å². The summed E-state index contributed by atoms with van der Waals surface area (Å²) in [6.07, 6.45) is 0.986. The number of carbonyl (C=O) groups is 1. The maximum atomic E-state index is 12.5. The second kappa shape index (κ2) is 7.72. The second-order valence-electron chi connectivity index (χ2n) is 6.76. The lowest BCUT2D eigenvalue weighted by Crippen LogP contribution is -2.15. The summed E-state index contributed by atoms with van der Waals surface area (Å²) in [5.41, 5.74) is 5.19. The number of para-hydroxylation sites is 1. The van der Waals surface area contributed by atoms with Crippen LogP contribution in [0.25, 0.3) is 5.69 Å². The molecule has 2 heterocycles. The summed E-state index contributed by atoms with van der Waals surface area (Å²) >= 11 is 1.60. The Morgan fingerprint density at radius 3 is 2.68 bits per heavy atom. The molecule has 0 spiro atoms. The first-order chi connectivity index (χ1) is 13.6. The van der Waals surface area contributed by atoms with E-state index >= 15 is 0 Å². The number of ether oxygens (including phenoxy) is 1. The van der Waals surface area contributed by atoms with E-state index in [2.05, 4.69) is 30.4 Å². The van der Waals surface area contributed by atoms with Crippen LogP contribution in [0.4, 0.5) is 5.82 Å². The number of benzene rings is 2. The molecule has 0 unspecified atom stereocenters. The minimum atomic E-state index is -0.0336. The number of anilines is 1. The van der Waals surface area contributed by atoms with Crippen molar-refractivity contribution in [3.63, 3.8) is 0 Å². The van der Waals surface area contributed by atoms with Gasteiger partial charge in [-0.1, -0.05) is 37.3 Å². The van der Waals surface area contributed by atoms with E-state index < -0.39 is 0 Å². The fourth-order valence-electron chi connectivity index (χ4n) is 3.57. The highest BCUT2D eigenvalue weighted by molar-refractivity contribution is 8.00. The highest BCUT2D eigenvalue weighted by atomic mass is 32.2. The number of amides is 1. The van der Waals surface area contributed by atoms with Crippen LogP contribution in [-0.2, 0) is 11.2 Å². The van der Waals surface area contributed by atoms with Gasteiger partial charge in [-0.3, -0.25) is 4.79 Å². The van der Waals surface area contributed by atoms with Crippen molar-refractivity contribution in [2.24, 2.45) is 0 Å². The van der Waals surface area contributed by atoms with E-state index in [1.54, 1.807) is 18.9 Å². The van der Waals surface area contributed by atoms with Crippen molar-refractivity contribution < 1.29 is 9.53 Å². The molecular weight excluding hydrogens is 370 g/mol. The smallest absolute Gasteiger partial charge is 0.235 e. The lowest BCUT2D eigenvalue weighted by atomic mass is 10.0. The van der Waals surface area contributed by atoms with Crippen molar-refractivity contribution >= 4 is 23.5 Å². The fourth-order valence-corrected chi connectivity index (χ4v) is 4.79. The maximum Gasteiger partial charge on any atom is 0.235 e. The molecular formula is C22H23N3O2S. The number of nitrogens with zero attached hydrogens (tertiary/aromatic N) is 2. The standard InChI is InChI=1S/C22H23N3O2S/c1-4-15-9-11-16(12-10-15)25-22-20(14(2)24-25)21(28-13-19(26)23-22)17-7-5-6-8-18(17)27-3/h5-12,21H,4,13H2,1-3H3,(H,23,26)/t21-/m1/s1. The van der Waals surface area contributed by atoms with E-state index in [-0.39, 0.29) is 11.2 Å². The average molecular weight is 394 g/mol. The Morgan fingerprint density at radius 2 is 1.96 bits per heavy atom. The van der Waals surface area contributed by atoms with Gasteiger partial charge in [0, 0.05) is 11.1 Å². The van der Waals surface area contributed by atoms with Crippen LogP contribution >= 0.6 is 11.8 Å². The second-order valence-corrected chi connectivity index (χ2v) is 7.85. The monoisotopic (exact) mass is 393 g/mol. The molecule has 1 aliphatic heterocycles. The van der Waals surface area contributed by atoms with E-state index in [4.69, 9.17) is 9.84 Å². The number of methoxy groups -OCH3 is 1. The van der Waals surface area contributed by atoms with Crippen molar-refractivity contribution in [2.45, 2.75) is 25.5 Å². The SMILES string of the molecule is CCc1ccc(-n2nc(C)c3c2NC(=O)CS[C@@H]3c2ccccc2OC)cc1. The van der Waals surface area contributed by atoms with Gasteiger partial charge in [-0.25, -0.2) is 4.68 Å². The summed E-state index contributed by atoms with van der Waals surface area (Å²) in [6, 6.07) is 16.3. The third kappa shape index (κ3) is 3.29. The predicted octanol–water partition coefficient (Wildman–Crippen LogP) is 4.53.